The number of para-hydroxylation sites is 2. The zero-order valence-electron chi connectivity index (χ0n) is 11.0. The zero-order valence-corrected chi connectivity index (χ0v) is 11.0. The van der Waals surface area contributed by atoms with Crippen molar-refractivity contribution >= 4 is 11.4 Å². The highest BCUT2D eigenvalue weighted by molar-refractivity contribution is 5.74. The standard InChI is InChI=1S/C16H15N3O/c17-10-12-5-3-6-14(16(12)18)19-8-9-20-15-7-2-1-4-13(15)11-19/h1-7H,8-9,11,18H2. The Morgan fingerprint density at radius 2 is 2.00 bits per heavy atom. The van der Waals surface area contributed by atoms with Crippen molar-refractivity contribution in [1.82, 2.24) is 0 Å². The van der Waals surface area contributed by atoms with Crippen LogP contribution in [0.1, 0.15) is 11.1 Å². The molecule has 0 radical (unpaired) electrons. The number of anilines is 2. The number of nitrogens with two attached hydrogens (primary N) is 1. The van der Waals surface area contributed by atoms with E-state index >= 15 is 0 Å². The normalized spacial score (nSPS) is 13.8. The number of benzene rings is 2. The van der Waals surface area contributed by atoms with Gasteiger partial charge in [0.05, 0.1) is 23.5 Å². The van der Waals surface area contributed by atoms with Crippen molar-refractivity contribution in [2.45, 2.75) is 6.54 Å². The molecule has 0 unspecified atom stereocenters. The molecule has 0 spiro atoms. The Kier molecular flexibility index (Phi) is 3.18. The van der Waals surface area contributed by atoms with Crippen LogP contribution >= 0.6 is 0 Å². The molecule has 100 valence electrons. The third-order valence-corrected chi connectivity index (χ3v) is 3.50. The van der Waals surface area contributed by atoms with Gasteiger partial charge in [-0.25, -0.2) is 0 Å². The molecule has 0 saturated heterocycles. The molecular formula is C16H15N3O. The molecule has 0 aromatic heterocycles. The minimum absolute atomic E-state index is 0.515. The largest absolute Gasteiger partial charge is 0.491 e. The van der Waals surface area contributed by atoms with Crippen LogP contribution in [0.3, 0.4) is 0 Å². The molecule has 0 amide bonds. The van der Waals surface area contributed by atoms with Crippen molar-refractivity contribution in [3.63, 3.8) is 0 Å². The van der Waals surface area contributed by atoms with Crippen molar-refractivity contribution in [2.24, 2.45) is 0 Å². The lowest BCUT2D eigenvalue weighted by Crippen LogP contribution is -2.26. The Hall–Kier alpha value is -2.67. The molecule has 0 bridgehead atoms. The monoisotopic (exact) mass is 265 g/mol. The molecule has 3 rings (SSSR count). The van der Waals surface area contributed by atoms with Crippen LogP contribution in [0, 0.1) is 11.3 Å². The molecule has 1 aliphatic heterocycles. The minimum atomic E-state index is 0.515. The van der Waals surface area contributed by atoms with Crippen molar-refractivity contribution in [2.75, 3.05) is 23.8 Å². The molecule has 0 saturated carbocycles. The predicted molar refractivity (Wildman–Crippen MR) is 78.6 cm³/mol. The molecule has 2 aromatic carbocycles. The zero-order chi connectivity index (χ0) is 13.9. The van der Waals surface area contributed by atoms with E-state index < -0.39 is 0 Å². The fourth-order valence-electron chi connectivity index (χ4n) is 2.46. The van der Waals surface area contributed by atoms with E-state index in [1.165, 1.54) is 0 Å². The van der Waals surface area contributed by atoms with Crippen LogP contribution in [0.5, 0.6) is 5.75 Å². The van der Waals surface area contributed by atoms with Crippen molar-refractivity contribution in [1.29, 1.82) is 5.26 Å². The second-order valence-electron chi connectivity index (χ2n) is 4.73. The van der Waals surface area contributed by atoms with Crippen molar-refractivity contribution in [3.05, 3.63) is 53.6 Å². The molecule has 20 heavy (non-hydrogen) atoms. The third-order valence-electron chi connectivity index (χ3n) is 3.50. The summed E-state index contributed by atoms with van der Waals surface area (Å²) >= 11 is 0. The van der Waals surface area contributed by atoms with Gasteiger partial charge in [-0.15, -0.1) is 0 Å². The van der Waals surface area contributed by atoms with E-state index in [1.807, 2.05) is 30.3 Å². The summed E-state index contributed by atoms with van der Waals surface area (Å²) in [6.45, 7) is 2.08. The number of nitrogens with zero attached hydrogens (tertiary/aromatic N) is 2. The van der Waals surface area contributed by atoms with E-state index in [0.717, 1.165) is 30.1 Å². The van der Waals surface area contributed by atoms with Gasteiger partial charge in [-0.2, -0.15) is 5.26 Å². The predicted octanol–water partition coefficient (Wildman–Crippen LogP) is 2.54. The van der Waals surface area contributed by atoms with Gasteiger partial charge in [0.1, 0.15) is 18.4 Å². The molecule has 2 aromatic rings. The Morgan fingerprint density at radius 3 is 2.85 bits per heavy atom. The maximum Gasteiger partial charge on any atom is 0.124 e. The lowest BCUT2D eigenvalue weighted by atomic mass is 10.1. The number of nitrogen functional groups attached to an aromatic ring is 1. The van der Waals surface area contributed by atoms with Crippen LogP contribution in [0.4, 0.5) is 11.4 Å². The van der Waals surface area contributed by atoms with Gasteiger partial charge in [0, 0.05) is 12.1 Å². The van der Waals surface area contributed by atoms with E-state index in [2.05, 4.69) is 17.0 Å². The summed E-state index contributed by atoms with van der Waals surface area (Å²) in [6, 6.07) is 15.7. The smallest absolute Gasteiger partial charge is 0.124 e. The Morgan fingerprint density at radius 1 is 1.15 bits per heavy atom. The summed E-state index contributed by atoms with van der Waals surface area (Å²) in [5.41, 5.74) is 9.17. The van der Waals surface area contributed by atoms with Gasteiger partial charge >= 0.3 is 0 Å². The average molecular weight is 265 g/mol. The van der Waals surface area contributed by atoms with Crippen LogP contribution in [-0.2, 0) is 6.54 Å². The first kappa shape index (κ1) is 12.4. The van der Waals surface area contributed by atoms with Crippen molar-refractivity contribution in [3.8, 4) is 11.8 Å². The quantitative estimate of drug-likeness (QED) is 0.805. The van der Waals surface area contributed by atoms with Crippen LogP contribution < -0.4 is 15.4 Å². The first-order valence-electron chi connectivity index (χ1n) is 6.54. The highest BCUT2D eigenvalue weighted by atomic mass is 16.5. The first-order chi connectivity index (χ1) is 9.79. The first-order valence-corrected chi connectivity index (χ1v) is 6.54. The van der Waals surface area contributed by atoms with E-state index in [9.17, 15) is 0 Å². The van der Waals surface area contributed by atoms with Crippen LogP contribution in [0.2, 0.25) is 0 Å². The minimum Gasteiger partial charge on any atom is -0.491 e. The third kappa shape index (κ3) is 2.14. The van der Waals surface area contributed by atoms with Gasteiger partial charge in [0.2, 0.25) is 0 Å². The molecular weight excluding hydrogens is 250 g/mol. The van der Waals surface area contributed by atoms with Gasteiger partial charge in [0.25, 0.3) is 0 Å². The Balaban J connectivity index is 1.98. The van der Waals surface area contributed by atoms with Crippen LogP contribution in [0.15, 0.2) is 42.5 Å². The Bertz CT molecular complexity index is 676. The summed E-state index contributed by atoms with van der Waals surface area (Å²) in [5, 5.41) is 9.08. The number of hydrogen-bond acceptors (Lipinski definition) is 4. The lowest BCUT2D eigenvalue weighted by molar-refractivity contribution is 0.331. The topological polar surface area (TPSA) is 62.3 Å². The summed E-state index contributed by atoms with van der Waals surface area (Å²) in [6.07, 6.45) is 0. The maximum atomic E-state index is 9.08. The molecule has 0 aliphatic carbocycles. The molecule has 0 fully saturated rings. The Labute approximate surface area is 118 Å². The second-order valence-corrected chi connectivity index (χ2v) is 4.73. The van der Waals surface area contributed by atoms with Crippen LogP contribution in [-0.4, -0.2) is 13.2 Å². The number of hydrogen-bond donors (Lipinski definition) is 1. The fraction of sp³-hybridized carbons (Fsp3) is 0.188. The van der Waals surface area contributed by atoms with Gasteiger partial charge in [-0.1, -0.05) is 24.3 Å². The number of nitriles is 1. The summed E-state index contributed by atoms with van der Waals surface area (Å²) in [5.74, 6) is 0.921. The van der Waals surface area contributed by atoms with E-state index in [-0.39, 0.29) is 0 Å². The average Bonchev–Trinajstić information content (AvgIpc) is 2.69. The lowest BCUT2D eigenvalue weighted by Gasteiger charge is -2.24. The fourth-order valence-corrected chi connectivity index (χ4v) is 2.46. The molecule has 2 N–H and O–H groups in total. The SMILES string of the molecule is N#Cc1cccc(N2CCOc3ccccc3C2)c1N. The van der Waals surface area contributed by atoms with E-state index in [0.29, 0.717) is 17.9 Å². The van der Waals surface area contributed by atoms with Gasteiger partial charge < -0.3 is 15.4 Å². The number of fused-ring (bicyclic) bond motifs is 1. The van der Waals surface area contributed by atoms with Gasteiger partial charge in [0.15, 0.2) is 0 Å². The summed E-state index contributed by atoms with van der Waals surface area (Å²) in [4.78, 5) is 2.15. The molecule has 1 aliphatic rings. The second kappa shape index (κ2) is 5.14. The highest BCUT2D eigenvalue weighted by Gasteiger charge is 2.18. The number of rotatable bonds is 1. The van der Waals surface area contributed by atoms with E-state index in [4.69, 9.17) is 15.7 Å². The summed E-state index contributed by atoms with van der Waals surface area (Å²) in [7, 11) is 0. The van der Waals surface area contributed by atoms with E-state index in [1.54, 1.807) is 6.07 Å². The molecule has 0 atom stereocenters. The van der Waals surface area contributed by atoms with Crippen molar-refractivity contribution < 1.29 is 4.74 Å². The van der Waals surface area contributed by atoms with Gasteiger partial charge in [-0.3, -0.25) is 0 Å². The number of ether oxygens (including phenoxy) is 1. The highest BCUT2D eigenvalue weighted by Crippen LogP contribution is 2.31. The molecule has 1 heterocycles. The maximum absolute atomic E-state index is 9.08. The molecule has 4 nitrogen and oxygen atoms in total. The van der Waals surface area contributed by atoms with Crippen LogP contribution in [0.25, 0.3) is 0 Å². The summed E-state index contributed by atoms with van der Waals surface area (Å²) < 4.78 is 5.75. The molecule has 4 heteroatoms. The van der Waals surface area contributed by atoms with Gasteiger partial charge in [-0.05, 0) is 18.2 Å².